The van der Waals surface area contributed by atoms with Gasteiger partial charge < -0.3 is 24.4 Å². The normalized spacial score (nSPS) is 13.5. The van der Waals surface area contributed by atoms with E-state index in [1.807, 2.05) is 97.9 Å². The molecule has 0 aliphatic carbocycles. The van der Waals surface area contributed by atoms with Gasteiger partial charge in [0, 0.05) is 0 Å². The predicted octanol–water partition coefficient (Wildman–Crippen LogP) is 4.53. The average molecular weight is 591 g/mol. The van der Waals surface area contributed by atoms with E-state index in [1.165, 1.54) is 12.1 Å². The van der Waals surface area contributed by atoms with Gasteiger partial charge in [-0.2, -0.15) is 0 Å². The number of hydrogen-bond acceptors (Lipinski definition) is 7. The number of benzene rings is 4. The largest absolute Gasteiger partial charge is 0.394 e. The fourth-order valence-corrected chi connectivity index (χ4v) is 7.14. The van der Waals surface area contributed by atoms with Crippen molar-refractivity contribution in [3.8, 4) is 0 Å². The first-order valence-electron chi connectivity index (χ1n) is 13.9. The van der Waals surface area contributed by atoms with Crippen LogP contribution in [0.25, 0.3) is 0 Å². The Kier molecular flexibility index (Phi) is 11.0. The van der Waals surface area contributed by atoms with Crippen LogP contribution in [0.4, 0.5) is 0 Å². The fourth-order valence-electron chi connectivity index (χ4n) is 5.26. The molecule has 0 radical (unpaired) electrons. The third-order valence-corrected chi connectivity index (χ3v) is 9.47. The Balaban J connectivity index is 1.87. The lowest BCUT2D eigenvalue weighted by Gasteiger charge is -2.47. The molecule has 0 saturated carbocycles. The second-order valence-electron chi connectivity index (χ2n) is 9.95. The van der Waals surface area contributed by atoms with Gasteiger partial charge in [0.05, 0.1) is 56.6 Å². The van der Waals surface area contributed by atoms with Crippen molar-refractivity contribution in [2.45, 2.75) is 22.2 Å². The third-order valence-electron chi connectivity index (χ3n) is 7.26. The smallest absolute Gasteiger partial charge is 0.211 e. The molecule has 0 saturated heterocycles. The van der Waals surface area contributed by atoms with Crippen molar-refractivity contribution < 1.29 is 32.8 Å². The standard InChI is InChI=1S/C34H38O7S/c1-28-17-19-32(20-18-28)42(37,38)33(36,27-41-26-25-40-24-23-39-22-21-35)34(29-11-5-2-6-12-29,30-13-7-3-8-14-30)31-15-9-4-10-16-31/h2-20,35-36H,21-27H2,1H3. The molecule has 4 rings (SSSR count). The summed E-state index contributed by atoms with van der Waals surface area (Å²) < 4.78 is 46.4. The molecular formula is C34H38O7S. The van der Waals surface area contributed by atoms with E-state index in [4.69, 9.17) is 19.3 Å². The Morgan fingerprint density at radius 2 is 1.00 bits per heavy atom. The number of aliphatic hydroxyl groups excluding tert-OH is 1. The second kappa shape index (κ2) is 14.7. The maximum absolute atomic E-state index is 14.8. The van der Waals surface area contributed by atoms with Gasteiger partial charge in [-0.1, -0.05) is 109 Å². The van der Waals surface area contributed by atoms with Crippen LogP contribution in [-0.4, -0.2) is 69.8 Å². The summed E-state index contributed by atoms with van der Waals surface area (Å²) in [5, 5.41) is 21.9. The molecule has 4 aromatic carbocycles. The molecule has 2 N–H and O–H groups in total. The number of aliphatic hydroxyl groups is 2. The van der Waals surface area contributed by atoms with Gasteiger partial charge in [-0.3, -0.25) is 0 Å². The predicted molar refractivity (Wildman–Crippen MR) is 162 cm³/mol. The zero-order chi connectivity index (χ0) is 29.9. The lowest BCUT2D eigenvalue weighted by atomic mass is 9.65. The van der Waals surface area contributed by atoms with E-state index in [0.717, 1.165) is 5.56 Å². The molecule has 1 unspecified atom stereocenters. The molecule has 0 fully saturated rings. The van der Waals surface area contributed by atoms with Crippen molar-refractivity contribution in [1.29, 1.82) is 0 Å². The van der Waals surface area contributed by atoms with Crippen LogP contribution in [-0.2, 0) is 29.5 Å². The van der Waals surface area contributed by atoms with Gasteiger partial charge in [0.15, 0.2) is 0 Å². The zero-order valence-electron chi connectivity index (χ0n) is 23.8. The van der Waals surface area contributed by atoms with E-state index in [9.17, 15) is 13.5 Å². The highest BCUT2D eigenvalue weighted by molar-refractivity contribution is 7.92. The average Bonchev–Trinajstić information content (AvgIpc) is 3.02. The molecule has 0 spiro atoms. The summed E-state index contributed by atoms with van der Waals surface area (Å²) in [6.45, 7) is 2.31. The number of rotatable bonds is 16. The summed E-state index contributed by atoms with van der Waals surface area (Å²) in [5.41, 5.74) is 1.11. The van der Waals surface area contributed by atoms with E-state index in [1.54, 1.807) is 12.1 Å². The number of hydrogen-bond donors (Lipinski definition) is 2. The van der Waals surface area contributed by atoms with E-state index in [2.05, 4.69) is 0 Å². The zero-order valence-corrected chi connectivity index (χ0v) is 24.6. The van der Waals surface area contributed by atoms with Gasteiger partial charge in [0.2, 0.25) is 14.8 Å². The highest BCUT2D eigenvalue weighted by Crippen LogP contribution is 2.51. The van der Waals surface area contributed by atoms with Gasteiger partial charge >= 0.3 is 0 Å². The number of ether oxygens (including phenoxy) is 3. The Morgan fingerprint density at radius 1 is 0.595 bits per heavy atom. The highest BCUT2D eigenvalue weighted by atomic mass is 32.2. The van der Waals surface area contributed by atoms with Crippen molar-refractivity contribution in [2.75, 3.05) is 46.2 Å². The van der Waals surface area contributed by atoms with Crippen molar-refractivity contribution in [3.05, 3.63) is 138 Å². The fraction of sp³-hybridized carbons (Fsp3) is 0.294. The molecule has 0 amide bonds. The molecule has 0 bridgehead atoms. The van der Waals surface area contributed by atoms with Crippen molar-refractivity contribution in [1.82, 2.24) is 0 Å². The van der Waals surface area contributed by atoms with Crippen LogP contribution >= 0.6 is 0 Å². The summed E-state index contributed by atoms with van der Waals surface area (Å²) in [5.74, 6) is 0. The lowest BCUT2D eigenvalue weighted by molar-refractivity contribution is -0.0417. The molecule has 222 valence electrons. The van der Waals surface area contributed by atoms with Gasteiger partial charge in [-0.15, -0.1) is 0 Å². The minimum atomic E-state index is -4.48. The summed E-state index contributed by atoms with van der Waals surface area (Å²) in [4.78, 5) is -2.51. The van der Waals surface area contributed by atoms with Crippen LogP contribution < -0.4 is 0 Å². The molecule has 0 heterocycles. The summed E-state index contributed by atoms with van der Waals surface area (Å²) in [7, 11) is -4.48. The van der Waals surface area contributed by atoms with Crippen LogP contribution in [0, 0.1) is 6.92 Å². The molecule has 0 aromatic heterocycles. The Hall–Kier alpha value is -3.37. The molecule has 0 aliphatic rings. The Morgan fingerprint density at radius 3 is 1.43 bits per heavy atom. The van der Waals surface area contributed by atoms with Crippen molar-refractivity contribution in [2.24, 2.45) is 0 Å². The van der Waals surface area contributed by atoms with Crippen LogP contribution in [0.1, 0.15) is 22.3 Å². The lowest BCUT2D eigenvalue weighted by Crippen LogP contribution is -2.61. The quantitative estimate of drug-likeness (QED) is 0.146. The third kappa shape index (κ3) is 6.49. The van der Waals surface area contributed by atoms with Gasteiger partial charge in [0.1, 0.15) is 0 Å². The molecule has 8 heteroatoms. The Labute approximate surface area is 248 Å². The summed E-state index contributed by atoms with van der Waals surface area (Å²) in [6.07, 6.45) is 0. The van der Waals surface area contributed by atoms with Crippen LogP contribution in [0.3, 0.4) is 0 Å². The van der Waals surface area contributed by atoms with E-state index in [0.29, 0.717) is 23.3 Å². The first kappa shape index (κ1) is 31.6. The van der Waals surface area contributed by atoms with Gasteiger partial charge in [-0.25, -0.2) is 8.42 Å². The molecule has 7 nitrogen and oxygen atoms in total. The summed E-state index contributed by atoms with van der Waals surface area (Å²) in [6, 6.07) is 34.1. The molecule has 42 heavy (non-hydrogen) atoms. The maximum Gasteiger partial charge on any atom is 0.211 e. The van der Waals surface area contributed by atoms with E-state index in [-0.39, 0.29) is 37.9 Å². The topological polar surface area (TPSA) is 102 Å². The van der Waals surface area contributed by atoms with Crippen LogP contribution in [0.15, 0.2) is 120 Å². The summed E-state index contributed by atoms with van der Waals surface area (Å²) >= 11 is 0. The first-order chi connectivity index (χ1) is 20.4. The monoisotopic (exact) mass is 590 g/mol. The minimum Gasteiger partial charge on any atom is -0.394 e. The number of aryl methyl sites for hydroxylation is 1. The maximum atomic E-state index is 14.8. The molecule has 0 aliphatic heterocycles. The molecular weight excluding hydrogens is 552 g/mol. The second-order valence-corrected chi connectivity index (χ2v) is 12.1. The SMILES string of the molecule is Cc1ccc(S(=O)(=O)C(O)(COCCOCCOCCO)C(c2ccccc2)(c2ccccc2)c2ccccc2)cc1. The van der Waals surface area contributed by atoms with E-state index >= 15 is 0 Å². The molecule has 1 atom stereocenters. The number of sulfone groups is 1. The van der Waals surface area contributed by atoms with Crippen LogP contribution in [0.5, 0.6) is 0 Å². The molecule has 4 aromatic rings. The van der Waals surface area contributed by atoms with Crippen molar-refractivity contribution >= 4 is 9.84 Å². The van der Waals surface area contributed by atoms with E-state index < -0.39 is 26.8 Å². The van der Waals surface area contributed by atoms with Gasteiger partial charge in [-0.05, 0) is 35.7 Å². The highest BCUT2D eigenvalue weighted by Gasteiger charge is 2.62. The first-order valence-corrected chi connectivity index (χ1v) is 15.4. The van der Waals surface area contributed by atoms with Gasteiger partial charge in [0.25, 0.3) is 0 Å². The minimum absolute atomic E-state index is 0.0105. The van der Waals surface area contributed by atoms with Crippen molar-refractivity contribution in [3.63, 3.8) is 0 Å². The Bertz CT molecular complexity index is 1360. The van der Waals surface area contributed by atoms with Crippen LogP contribution in [0.2, 0.25) is 0 Å².